The van der Waals surface area contributed by atoms with Gasteiger partial charge in [-0.15, -0.1) is 0 Å². The van der Waals surface area contributed by atoms with Crippen LogP contribution >= 0.6 is 15.9 Å². The number of nitrogens with one attached hydrogen (secondary N) is 1. The molecule has 0 bridgehead atoms. The summed E-state index contributed by atoms with van der Waals surface area (Å²) < 4.78 is 6.88. The van der Waals surface area contributed by atoms with Crippen LogP contribution in [-0.2, 0) is 28.0 Å². The van der Waals surface area contributed by atoms with Crippen molar-refractivity contribution in [1.29, 1.82) is 0 Å². The summed E-state index contributed by atoms with van der Waals surface area (Å²) >= 11 is 3.47. The quantitative estimate of drug-likeness (QED) is 0.308. The monoisotopic (exact) mass is 578 g/mol. The van der Waals surface area contributed by atoms with Crippen LogP contribution in [0.3, 0.4) is 0 Å². The lowest BCUT2D eigenvalue weighted by Gasteiger charge is -2.33. The topological polar surface area (TPSA) is 58.6 Å². The predicted octanol–water partition coefficient (Wildman–Crippen LogP) is 6.68. The molecule has 3 rings (SSSR count). The Balaban J connectivity index is 1.89. The largest absolute Gasteiger partial charge is 0.484 e. The van der Waals surface area contributed by atoms with Gasteiger partial charge in [-0.2, -0.15) is 0 Å². The molecule has 0 aliphatic carbocycles. The fourth-order valence-corrected chi connectivity index (χ4v) is 4.34. The Morgan fingerprint density at radius 1 is 0.842 bits per heavy atom. The van der Waals surface area contributed by atoms with E-state index < -0.39 is 11.6 Å². The summed E-state index contributed by atoms with van der Waals surface area (Å²) in [6.45, 7) is 12.4. The molecule has 1 unspecified atom stereocenters. The number of amides is 2. The highest BCUT2D eigenvalue weighted by atomic mass is 79.9. The van der Waals surface area contributed by atoms with E-state index in [0.29, 0.717) is 12.2 Å². The first kappa shape index (κ1) is 29.4. The van der Waals surface area contributed by atoms with E-state index in [2.05, 4.69) is 42.0 Å². The zero-order chi connectivity index (χ0) is 27.9. The van der Waals surface area contributed by atoms with Crippen LogP contribution in [-0.4, -0.2) is 34.9 Å². The Morgan fingerprint density at radius 2 is 1.45 bits per heavy atom. The van der Waals surface area contributed by atoms with Crippen LogP contribution in [0.2, 0.25) is 0 Å². The molecule has 0 aliphatic heterocycles. The van der Waals surface area contributed by atoms with Crippen molar-refractivity contribution in [3.8, 4) is 5.75 Å². The summed E-state index contributed by atoms with van der Waals surface area (Å²) in [6.07, 6.45) is 0.394. The van der Waals surface area contributed by atoms with Crippen LogP contribution in [0.4, 0.5) is 0 Å². The highest BCUT2D eigenvalue weighted by Gasteiger charge is 2.32. The minimum absolute atomic E-state index is 0.0287. The zero-order valence-corrected chi connectivity index (χ0v) is 24.8. The Kier molecular flexibility index (Phi) is 9.77. The minimum Gasteiger partial charge on any atom is -0.484 e. The summed E-state index contributed by atoms with van der Waals surface area (Å²) in [6, 6.07) is 24.7. The number of ether oxygens (including phenoxy) is 1. The molecule has 38 heavy (non-hydrogen) atoms. The normalized spacial score (nSPS) is 12.5. The molecule has 5 nitrogen and oxygen atoms in total. The molecule has 0 radical (unpaired) electrons. The molecule has 0 heterocycles. The molecule has 0 saturated heterocycles. The van der Waals surface area contributed by atoms with Crippen molar-refractivity contribution in [3.05, 3.63) is 100 Å². The number of hydrogen-bond acceptors (Lipinski definition) is 3. The molecular weight excluding hydrogens is 540 g/mol. The van der Waals surface area contributed by atoms with E-state index in [1.54, 1.807) is 4.90 Å². The molecule has 6 heteroatoms. The van der Waals surface area contributed by atoms with Gasteiger partial charge in [0.05, 0.1) is 0 Å². The van der Waals surface area contributed by atoms with Crippen molar-refractivity contribution in [2.45, 2.75) is 71.5 Å². The third kappa shape index (κ3) is 9.02. The lowest BCUT2D eigenvalue weighted by atomic mass is 9.87. The number of halogens is 1. The number of rotatable bonds is 9. The highest BCUT2D eigenvalue weighted by Crippen LogP contribution is 2.24. The van der Waals surface area contributed by atoms with Crippen molar-refractivity contribution >= 4 is 27.7 Å². The summed E-state index contributed by atoms with van der Waals surface area (Å²) in [5.41, 5.74) is 2.69. The van der Waals surface area contributed by atoms with Crippen molar-refractivity contribution in [2.75, 3.05) is 6.61 Å². The molecule has 1 N–H and O–H groups in total. The van der Waals surface area contributed by atoms with Gasteiger partial charge in [0.25, 0.3) is 5.91 Å². The Labute approximate surface area is 235 Å². The van der Waals surface area contributed by atoms with Gasteiger partial charge in [0, 0.05) is 23.0 Å². The van der Waals surface area contributed by atoms with Gasteiger partial charge in [-0.05, 0) is 67.1 Å². The lowest BCUT2D eigenvalue weighted by Crippen LogP contribution is -2.55. The number of benzene rings is 3. The predicted molar refractivity (Wildman–Crippen MR) is 157 cm³/mol. The molecule has 202 valence electrons. The van der Waals surface area contributed by atoms with Gasteiger partial charge in [0.15, 0.2) is 6.61 Å². The van der Waals surface area contributed by atoms with E-state index in [4.69, 9.17) is 4.74 Å². The number of carbonyl (C=O) groups excluding carboxylic acids is 2. The standard InChI is InChI=1S/C32H39BrN2O3/c1-31(2,3)25-14-18-27(19-15-25)38-22-29(36)35(21-24-12-16-26(33)17-13-24)28(30(37)34-32(4,5)6)20-23-10-8-7-9-11-23/h7-19,28H,20-22H2,1-6H3,(H,34,37). The maximum absolute atomic E-state index is 13.7. The van der Waals surface area contributed by atoms with Crippen LogP contribution in [0.1, 0.15) is 58.2 Å². The Hall–Kier alpha value is -3.12. The third-order valence-electron chi connectivity index (χ3n) is 6.12. The Bertz CT molecular complexity index is 1190. The van der Waals surface area contributed by atoms with E-state index in [-0.39, 0.29) is 30.4 Å². The molecule has 1 atom stereocenters. The smallest absolute Gasteiger partial charge is 0.261 e. The molecule has 0 aromatic heterocycles. The van der Waals surface area contributed by atoms with Gasteiger partial charge < -0.3 is 15.0 Å². The van der Waals surface area contributed by atoms with Crippen LogP contribution < -0.4 is 10.1 Å². The number of carbonyl (C=O) groups is 2. The maximum Gasteiger partial charge on any atom is 0.261 e. The summed E-state index contributed by atoms with van der Waals surface area (Å²) in [5, 5.41) is 3.08. The first-order chi connectivity index (χ1) is 17.8. The summed E-state index contributed by atoms with van der Waals surface area (Å²) in [7, 11) is 0. The molecule has 0 fully saturated rings. The fraction of sp³-hybridized carbons (Fsp3) is 0.375. The van der Waals surface area contributed by atoms with Gasteiger partial charge in [0.2, 0.25) is 5.91 Å². The summed E-state index contributed by atoms with van der Waals surface area (Å²) in [4.78, 5) is 29.0. The van der Waals surface area contributed by atoms with Crippen molar-refractivity contribution in [1.82, 2.24) is 10.2 Å². The molecule has 3 aromatic rings. The third-order valence-corrected chi connectivity index (χ3v) is 6.65. The first-order valence-electron chi connectivity index (χ1n) is 12.9. The van der Waals surface area contributed by atoms with E-state index in [1.807, 2.05) is 99.6 Å². The van der Waals surface area contributed by atoms with Gasteiger partial charge in [0.1, 0.15) is 11.8 Å². The van der Waals surface area contributed by atoms with Crippen LogP contribution in [0.15, 0.2) is 83.3 Å². The van der Waals surface area contributed by atoms with E-state index in [9.17, 15) is 9.59 Å². The summed E-state index contributed by atoms with van der Waals surface area (Å²) in [5.74, 6) is 0.174. The molecule has 3 aromatic carbocycles. The average molecular weight is 580 g/mol. The van der Waals surface area contributed by atoms with E-state index >= 15 is 0 Å². The SMILES string of the molecule is CC(C)(C)NC(=O)C(Cc1ccccc1)N(Cc1ccc(Br)cc1)C(=O)COc1ccc(C(C)(C)C)cc1. The Morgan fingerprint density at radius 3 is 2.00 bits per heavy atom. The lowest BCUT2D eigenvalue weighted by molar-refractivity contribution is -0.143. The second-order valence-electron chi connectivity index (χ2n) is 11.7. The van der Waals surface area contributed by atoms with Gasteiger partial charge in [-0.3, -0.25) is 9.59 Å². The van der Waals surface area contributed by atoms with Crippen LogP contribution in [0, 0.1) is 0 Å². The van der Waals surface area contributed by atoms with Crippen molar-refractivity contribution in [2.24, 2.45) is 0 Å². The molecule has 0 aliphatic rings. The molecule has 0 saturated carbocycles. The number of hydrogen-bond donors (Lipinski definition) is 1. The first-order valence-corrected chi connectivity index (χ1v) is 13.7. The second kappa shape index (κ2) is 12.6. The van der Waals surface area contributed by atoms with Crippen molar-refractivity contribution < 1.29 is 14.3 Å². The van der Waals surface area contributed by atoms with Crippen molar-refractivity contribution in [3.63, 3.8) is 0 Å². The second-order valence-corrected chi connectivity index (χ2v) is 12.6. The number of nitrogens with zero attached hydrogens (tertiary/aromatic N) is 1. The van der Waals surface area contributed by atoms with Gasteiger partial charge >= 0.3 is 0 Å². The minimum atomic E-state index is -0.709. The average Bonchev–Trinajstić information content (AvgIpc) is 2.85. The van der Waals surface area contributed by atoms with Crippen LogP contribution in [0.5, 0.6) is 5.75 Å². The van der Waals surface area contributed by atoms with Gasteiger partial charge in [-0.1, -0.05) is 91.3 Å². The zero-order valence-electron chi connectivity index (χ0n) is 23.3. The molecule has 0 spiro atoms. The van der Waals surface area contributed by atoms with Gasteiger partial charge in [-0.25, -0.2) is 0 Å². The maximum atomic E-state index is 13.7. The van der Waals surface area contributed by atoms with E-state index in [1.165, 1.54) is 5.56 Å². The highest BCUT2D eigenvalue weighted by molar-refractivity contribution is 9.10. The molecule has 2 amide bonds. The molecular formula is C32H39BrN2O3. The fourth-order valence-electron chi connectivity index (χ4n) is 4.07. The van der Waals surface area contributed by atoms with E-state index in [0.717, 1.165) is 15.6 Å². The van der Waals surface area contributed by atoms with Crippen LogP contribution in [0.25, 0.3) is 0 Å².